The molecular formula is C7H9N3OS. The minimum absolute atomic E-state index is 0.504. The molecule has 1 aromatic heterocycles. The molecule has 1 aromatic rings. The number of thioether (sulfide) groups is 1. The smallest absolute Gasteiger partial charge is 0.156 e. The number of nitrogens with zero attached hydrogens (tertiary/aromatic N) is 2. The molecule has 12 heavy (non-hydrogen) atoms. The van der Waals surface area contributed by atoms with Crippen LogP contribution in [0.3, 0.4) is 0 Å². The molecule has 0 unspecified atom stereocenters. The molecule has 0 aliphatic carbocycles. The van der Waals surface area contributed by atoms with E-state index in [9.17, 15) is 0 Å². The van der Waals surface area contributed by atoms with Crippen molar-refractivity contribution in [2.24, 2.45) is 0 Å². The van der Waals surface area contributed by atoms with Crippen molar-refractivity contribution in [3.05, 3.63) is 12.4 Å². The fraction of sp³-hybridized carbons (Fsp3) is 0.429. The van der Waals surface area contributed by atoms with Gasteiger partial charge in [-0.3, -0.25) is 0 Å². The van der Waals surface area contributed by atoms with Crippen LogP contribution in [0.25, 0.3) is 0 Å². The predicted octanol–water partition coefficient (Wildman–Crippen LogP) is 0.550. The van der Waals surface area contributed by atoms with Crippen LogP contribution in [0.4, 0.5) is 5.82 Å². The highest BCUT2D eigenvalue weighted by molar-refractivity contribution is 8.00. The van der Waals surface area contributed by atoms with E-state index in [0.717, 1.165) is 18.2 Å². The molecule has 0 amide bonds. The maximum absolute atomic E-state index is 5.61. The zero-order valence-electron chi connectivity index (χ0n) is 6.43. The van der Waals surface area contributed by atoms with E-state index in [-0.39, 0.29) is 0 Å². The lowest BCUT2D eigenvalue weighted by atomic mass is 10.4. The van der Waals surface area contributed by atoms with E-state index < -0.39 is 0 Å². The highest BCUT2D eigenvalue weighted by atomic mass is 32.2. The Morgan fingerprint density at radius 2 is 2.17 bits per heavy atom. The molecule has 1 aliphatic heterocycles. The predicted molar refractivity (Wildman–Crippen MR) is 46.9 cm³/mol. The Bertz CT molecular complexity index is 277. The molecule has 0 atom stereocenters. The number of ether oxygens (including phenoxy) is 1. The van der Waals surface area contributed by atoms with Gasteiger partial charge >= 0.3 is 0 Å². The Balaban J connectivity index is 2.06. The second-order valence-corrected chi connectivity index (χ2v) is 3.81. The van der Waals surface area contributed by atoms with Gasteiger partial charge in [-0.2, -0.15) is 0 Å². The summed E-state index contributed by atoms with van der Waals surface area (Å²) in [5.74, 6) is 0.509. The molecule has 64 valence electrons. The molecule has 1 fully saturated rings. The summed E-state index contributed by atoms with van der Waals surface area (Å²) in [4.78, 5) is 8.06. The summed E-state index contributed by atoms with van der Waals surface area (Å²) in [6.45, 7) is 1.58. The number of rotatable bonds is 2. The third-order valence-electron chi connectivity index (χ3n) is 1.58. The van der Waals surface area contributed by atoms with Crippen LogP contribution in [0.2, 0.25) is 0 Å². The number of hydrogen-bond donors (Lipinski definition) is 1. The first-order valence-corrected chi connectivity index (χ1v) is 4.55. The van der Waals surface area contributed by atoms with Crippen LogP contribution in [0, 0.1) is 0 Å². The summed E-state index contributed by atoms with van der Waals surface area (Å²) >= 11 is 1.63. The fourth-order valence-corrected chi connectivity index (χ4v) is 1.81. The minimum atomic E-state index is 0.504. The zero-order chi connectivity index (χ0) is 8.39. The van der Waals surface area contributed by atoms with Gasteiger partial charge < -0.3 is 10.5 Å². The lowest BCUT2D eigenvalue weighted by Gasteiger charge is -2.24. The van der Waals surface area contributed by atoms with Crippen molar-refractivity contribution < 1.29 is 4.74 Å². The Kier molecular flexibility index (Phi) is 2.14. The van der Waals surface area contributed by atoms with E-state index in [1.54, 1.807) is 24.2 Å². The third kappa shape index (κ3) is 1.51. The summed E-state index contributed by atoms with van der Waals surface area (Å²) in [7, 11) is 0. The van der Waals surface area contributed by atoms with Crippen molar-refractivity contribution in [2.75, 3.05) is 18.9 Å². The lowest BCUT2D eigenvalue weighted by molar-refractivity contribution is 0.0455. The van der Waals surface area contributed by atoms with E-state index in [2.05, 4.69) is 9.97 Å². The van der Waals surface area contributed by atoms with Gasteiger partial charge in [-0.15, -0.1) is 0 Å². The quantitative estimate of drug-likeness (QED) is 0.725. The molecule has 0 bridgehead atoms. The summed E-state index contributed by atoms with van der Waals surface area (Å²) in [6.07, 6.45) is 3.24. The molecule has 0 aromatic carbocycles. The van der Waals surface area contributed by atoms with E-state index in [1.807, 2.05) is 0 Å². The minimum Gasteiger partial charge on any atom is -0.381 e. The van der Waals surface area contributed by atoms with Crippen LogP contribution in [-0.2, 0) is 4.74 Å². The SMILES string of the molecule is Nc1nccnc1SC1COC1. The topological polar surface area (TPSA) is 61.0 Å². The van der Waals surface area contributed by atoms with Gasteiger partial charge in [0.05, 0.1) is 18.5 Å². The average Bonchev–Trinajstić information content (AvgIpc) is 2.00. The molecule has 0 spiro atoms. The van der Waals surface area contributed by atoms with Crippen molar-refractivity contribution in [1.82, 2.24) is 9.97 Å². The maximum Gasteiger partial charge on any atom is 0.156 e. The van der Waals surface area contributed by atoms with Gasteiger partial charge in [-0.25, -0.2) is 9.97 Å². The standard InChI is InChI=1S/C7H9N3OS/c8-6-7(10-2-1-9-6)12-5-3-11-4-5/h1-2,5H,3-4H2,(H2,8,9). The van der Waals surface area contributed by atoms with E-state index >= 15 is 0 Å². The molecule has 2 heterocycles. The first-order chi connectivity index (χ1) is 5.86. The molecule has 4 nitrogen and oxygen atoms in total. The zero-order valence-corrected chi connectivity index (χ0v) is 7.25. The number of anilines is 1. The van der Waals surface area contributed by atoms with E-state index in [0.29, 0.717) is 11.1 Å². The normalized spacial score (nSPS) is 17.3. The second-order valence-electron chi connectivity index (χ2n) is 2.52. The molecule has 2 rings (SSSR count). The summed E-state index contributed by atoms with van der Waals surface area (Å²) in [5, 5.41) is 1.31. The van der Waals surface area contributed by atoms with Crippen LogP contribution >= 0.6 is 11.8 Å². The molecular weight excluding hydrogens is 174 g/mol. The Hall–Kier alpha value is -0.810. The van der Waals surface area contributed by atoms with Gasteiger partial charge in [0.2, 0.25) is 0 Å². The van der Waals surface area contributed by atoms with Crippen LogP contribution < -0.4 is 5.73 Å². The fourth-order valence-electron chi connectivity index (χ4n) is 0.867. The summed E-state index contributed by atoms with van der Waals surface area (Å²) in [6, 6.07) is 0. The monoisotopic (exact) mass is 183 g/mol. The summed E-state index contributed by atoms with van der Waals surface area (Å²) in [5.41, 5.74) is 5.61. The second kappa shape index (κ2) is 3.28. The van der Waals surface area contributed by atoms with Crippen LogP contribution in [0.1, 0.15) is 0 Å². The summed E-state index contributed by atoms with van der Waals surface area (Å²) < 4.78 is 5.04. The van der Waals surface area contributed by atoms with Crippen LogP contribution in [-0.4, -0.2) is 28.4 Å². The lowest BCUT2D eigenvalue weighted by Crippen LogP contribution is -2.30. The Morgan fingerprint density at radius 1 is 1.42 bits per heavy atom. The van der Waals surface area contributed by atoms with Crippen molar-refractivity contribution in [1.29, 1.82) is 0 Å². The van der Waals surface area contributed by atoms with Crippen molar-refractivity contribution in [3.8, 4) is 0 Å². The number of nitrogens with two attached hydrogens (primary N) is 1. The molecule has 1 aliphatic rings. The molecule has 1 saturated heterocycles. The van der Waals surface area contributed by atoms with Gasteiger partial charge in [-0.1, -0.05) is 11.8 Å². The van der Waals surface area contributed by atoms with E-state index in [1.165, 1.54) is 0 Å². The van der Waals surface area contributed by atoms with E-state index in [4.69, 9.17) is 10.5 Å². The Labute approximate surface area is 74.5 Å². The first kappa shape index (κ1) is 7.82. The van der Waals surface area contributed by atoms with Crippen molar-refractivity contribution >= 4 is 17.6 Å². The average molecular weight is 183 g/mol. The molecule has 2 N–H and O–H groups in total. The van der Waals surface area contributed by atoms with Crippen LogP contribution in [0.5, 0.6) is 0 Å². The molecule has 5 heteroatoms. The third-order valence-corrected chi connectivity index (χ3v) is 2.72. The maximum atomic E-state index is 5.61. The number of nitrogen functional groups attached to an aromatic ring is 1. The van der Waals surface area contributed by atoms with Crippen LogP contribution in [0.15, 0.2) is 17.4 Å². The Morgan fingerprint density at radius 3 is 2.75 bits per heavy atom. The van der Waals surface area contributed by atoms with Gasteiger partial charge in [0.25, 0.3) is 0 Å². The van der Waals surface area contributed by atoms with Gasteiger partial charge in [0.15, 0.2) is 5.82 Å². The van der Waals surface area contributed by atoms with Crippen molar-refractivity contribution in [3.63, 3.8) is 0 Å². The molecule has 0 radical (unpaired) electrons. The highest BCUT2D eigenvalue weighted by Crippen LogP contribution is 2.28. The number of hydrogen-bond acceptors (Lipinski definition) is 5. The first-order valence-electron chi connectivity index (χ1n) is 3.67. The van der Waals surface area contributed by atoms with Gasteiger partial charge in [0.1, 0.15) is 5.03 Å². The number of aromatic nitrogens is 2. The largest absolute Gasteiger partial charge is 0.381 e. The van der Waals surface area contributed by atoms with Gasteiger partial charge in [-0.05, 0) is 0 Å². The highest BCUT2D eigenvalue weighted by Gasteiger charge is 2.21. The van der Waals surface area contributed by atoms with Crippen molar-refractivity contribution in [2.45, 2.75) is 10.3 Å². The molecule has 0 saturated carbocycles. The van der Waals surface area contributed by atoms with Gasteiger partial charge in [0, 0.05) is 12.4 Å².